The van der Waals surface area contributed by atoms with Gasteiger partial charge in [0.25, 0.3) is 5.91 Å². The Kier molecular flexibility index (Phi) is 3.16. The van der Waals surface area contributed by atoms with Crippen LogP contribution in [0.15, 0.2) is 46.2 Å². The molecule has 0 aromatic heterocycles. The van der Waals surface area contributed by atoms with Crippen LogP contribution in [0, 0.1) is 0 Å². The topological polar surface area (TPSA) is 66.4 Å². The highest BCUT2D eigenvalue weighted by Gasteiger charge is 2.24. The van der Waals surface area contributed by atoms with Crippen LogP contribution in [-0.4, -0.2) is 17.0 Å². The van der Waals surface area contributed by atoms with Crippen molar-refractivity contribution in [2.75, 3.05) is 5.32 Å². The molecule has 0 saturated carbocycles. The Balaban J connectivity index is 2.19. The number of fused-ring (bicyclic) bond motifs is 2. The van der Waals surface area contributed by atoms with Gasteiger partial charge in [-0.05, 0) is 24.3 Å². The molecule has 1 amide bonds. The SMILES string of the molecule is O=C1Nc2c(ccc(C(=O)O)c2Cl)Sc2ccccc21. The van der Waals surface area contributed by atoms with E-state index in [1.807, 2.05) is 12.1 Å². The number of aromatic carboxylic acids is 1. The zero-order chi connectivity index (χ0) is 14.3. The Morgan fingerprint density at radius 2 is 1.90 bits per heavy atom. The fourth-order valence-electron chi connectivity index (χ4n) is 1.97. The Hall–Kier alpha value is -1.98. The lowest BCUT2D eigenvalue weighted by Crippen LogP contribution is -2.12. The maximum Gasteiger partial charge on any atom is 0.337 e. The van der Waals surface area contributed by atoms with Crippen LogP contribution in [0.4, 0.5) is 5.69 Å². The molecule has 0 aliphatic carbocycles. The number of hydrogen-bond donors (Lipinski definition) is 2. The summed E-state index contributed by atoms with van der Waals surface area (Å²) >= 11 is 7.47. The van der Waals surface area contributed by atoms with E-state index in [2.05, 4.69) is 5.32 Å². The van der Waals surface area contributed by atoms with Gasteiger partial charge < -0.3 is 10.4 Å². The third-order valence-electron chi connectivity index (χ3n) is 2.92. The molecule has 2 aromatic carbocycles. The predicted octanol–water partition coefficient (Wildman–Crippen LogP) is 3.76. The summed E-state index contributed by atoms with van der Waals surface area (Å²) in [5.41, 5.74) is 0.858. The van der Waals surface area contributed by atoms with Gasteiger partial charge in [-0.3, -0.25) is 4.79 Å². The zero-order valence-electron chi connectivity index (χ0n) is 10.0. The molecule has 0 saturated heterocycles. The maximum absolute atomic E-state index is 12.2. The molecule has 0 atom stereocenters. The lowest BCUT2D eigenvalue weighted by atomic mass is 10.1. The van der Waals surface area contributed by atoms with Crippen LogP contribution in [0.25, 0.3) is 0 Å². The second-order valence-electron chi connectivity index (χ2n) is 4.16. The van der Waals surface area contributed by atoms with Crippen LogP contribution in [0.5, 0.6) is 0 Å². The second-order valence-corrected chi connectivity index (χ2v) is 5.62. The molecular formula is C14H8ClNO3S. The number of carboxylic acids is 1. The summed E-state index contributed by atoms with van der Waals surface area (Å²) in [6.07, 6.45) is 0. The van der Waals surface area contributed by atoms with Crippen molar-refractivity contribution in [1.82, 2.24) is 0 Å². The van der Waals surface area contributed by atoms with Crippen molar-refractivity contribution in [3.63, 3.8) is 0 Å². The number of carbonyl (C=O) groups is 2. The number of benzene rings is 2. The van der Waals surface area contributed by atoms with Gasteiger partial charge in [-0.25, -0.2) is 4.79 Å². The van der Waals surface area contributed by atoms with Crippen molar-refractivity contribution in [3.05, 3.63) is 52.5 Å². The van der Waals surface area contributed by atoms with Gasteiger partial charge in [0.15, 0.2) is 0 Å². The lowest BCUT2D eigenvalue weighted by molar-refractivity contribution is 0.0696. The molecule has 6 heteroatoms. The molecule has 0 fully saturated rings. The second kappa shape index (κ2) is 4.85. The number of nitrogens with one attached hydrogen (secondary N) is 1. The Morgan fingerprint density at radius 1 is 1.15 bits per heavy atom. The Bertz CT molecular complexity index is 745. The summed E-state index contributed by atoms with van der Waals surface area (Å²) in [7, 11) is 0. The first kappa shape index (κ1) is 13.0. The molecule has 4 nitrogen and oxygen atoms in total. The maximum atomic E-state index is 12.2. The van der Waals surface area contributed by atoms with E-state index >= 15 is 0 Å². The minimum Gasteiger partial charge on any atom is -0.478 e. The van der Waals surface area contributed by atoms with Crippen LogP contribution in [0.1, 0.15) is 20.7 Å². The number of carbonyl (C=O) groups excluding carboxylic acids is 1. The van der Waals surface area contributed by atoms with E-state index in [9.17, 15) is 9.59 Å². The lowest BCUT2D eigenvalue weighted by Gasteiger charge is -2.10. The van der Waals surface area contributed by atoms with E-state index in [-0.39, 0.29) is 16.5 Å². The van der Waals surface area contributed by atoms with E-state index in [0.29, 0.717) is 11.3 Å². The van der Waals surface area contributed by atoms with Crippen molar-refractivity contribution in [1.29, 1.82) is 0 Å². The molecule has 3 rings (SSSR count). The molecule has 100 valence electrons. The number of rotatable bonds is 1. The standard InChI is InChI=1S/C14H8ClNO3S/c15-11-8(14(18)19)5-6-10-12(11)16-13(17)7-3-1-2-4-9(7)20-10/h1-6H,(H,16,17)(H,18,19). The van der Waals surface area contributed by atoms with Gasteiger partial charge in [0, 0.05) is 9.79 Å². The van der Waals surface area contributed by atoms with E-state index in [1.54, 1.807) is 18.2 Å². The summed E-state index contributed by atoms with van der Waals surface area (Å²) < 4.78 is 0. The summed E-state index contributed by atoms with van der Waals surface area (Å²) in [5, 5.41) is 11.8. The van der Waals surface area contributed by atoms with Crippen LogP contribution < -0.4 is 5.32 Å². The quantitative estimate of drug-likeness (QED) is 0.842. The van der Waals surface area contributed by atoms with Gasteiger partial charge in [-0.2, -0.15) is 0 Å². The summed E-state index contributed by atoms with van der Waals surface area (Å²) in [4.78, 5) is 24.8. The molecule has 2 N–H and O–H groups in total. The third kappa shape index (κ3) is 2.05. The molecule has 1 heterocycles. The van der Waals surface area contributed by atoms with Gasteiger partial charge >= 0.3 is 5.97 Å². The summed E-state index contributed by atoms with van der Waals surface area (Å²) in [6, 6.07) is 10.3. The molecule has 0 spiro atoms. The summed E-state index contributed by atoms with van der Waals surface area (Å²) in [6.45, 7) is 0. The predicted molar refractivity (Wildman–Crippen MR) is 76.9 cm³/mol. The Labute approximate surface area is 123 Å². The monoisotopic (exact) mass is 305 g/mol. The first-order chi connectivity index (χ1) is 9.58. The number of amides is 1. The van der Waals surface area contributed by atoms with Gasteiger partial charge in [-0.15, -0.1) is 0 Å². The highest BCUT2D eigenvalue weighted by molar-refractivity contribution is 7.99. The van der Waals surface area contributed by atoms with Crippen LogP contribution in [-0.2, 0) is 0 Å². The van der Waals surface area contributed by atoms with Gasteiger partial charge in [0.2, 0.25) is 0 Å². The number of halogens is 1. The average Bonchev–Trinajstić information content (AvgIpc) is 2.56. The number of anilines is 1. The van der Waals surface area contributed by atoms with Crippen molar-refractivity contribution >= 4 is 40.9 Å². The average molecular weight is 306 g/mol. The third-order valence-corrected chi connectivity index (χ3v) is 4.45. The Morgan fingerprint density at radius 3 is 2.65 bits per heavy atom. The molecular weight excluding hydrogens is 298 g/mol. The van der Waals surface area contributed by atoms with Crippen molar-refractivity contribution in [2.45, 2.75) is 9.79 Å². The molecule has 20 heavy (non-hydrogen) atoms. The normalized spacial score (nSPS) is 12.9. The molecule has 1 aliphatic rings. The number of carboxylic acid groups (broad SMARTS) is 1. The van der Waals surface area contributed by atoms with E-state index in [0.717, 1.165) is 9.79 Å². The highest BCUT2D eigenvalue weighted by atomic mass is 35.5. The summed E-state index contributed by atoms with van der Waals surface area (Å²) in [5.74, 6) is -1.42. The molecule has 0 unspecified atom stereocenters. The van der Waals surface area contributed by atoms with E-state index in [4.69, 9.17) is 16.7 Å². The first-order valence-electron chi connectivity index (χ1n) is 5.72. The largest absolute Gasteiger partial charge is 0.478 e. The molecule has 1 aliphatic heterocycles. The van der Waals surface area contributed by atoms with Crippen molar-refractivity contribution in [3.8, 4) is 0 Å². The van der Waals surface area contributed by atoms with E-state index < -0.39 is 5.97 Å². The molecule has 0 radical (unpaired) electrons. The minimum absolute atomic E-state index is 0.0303. The van der Waals surface area contributed by atoms with Crippen LogP contribution in [0.3, 0.4) is 0 Å². The fourth-order valence-corrected chi connectivity index (χ4v) is 3.36. The van der Waals surface area contributed by atoms with Crippen LogP contribution in [0.2, 0.25) is 5.02 Å². The minimum atomic E-state index is -1.13. The first-order valence-corrected chi connectivity index (χ1v) is 6.91. The zero-order valence-corrected chi connectivity index (χ0v) is 11.6. The van der Waals surface area contributed by atoms with Gasteiger partial charge in [0.05, 0.1) is 21.8 Å². The molecule has 2 aromatic rings. The smallest absolute Gasteiger partial charge is 0.337 e. The van der Waals surface area contributed by atoms with Crippen molar-refractivity contribution < 1.29 is 14.7 Å². The van der Waals surface area contributed by atoms with Crippen LogP contribution >= 0.6 is 23.4 Å². The van der Waals surface area contributed by atoms with Gasteiger partial charge in [-0.1, -0.05) is 35.5 Å². The highest BCUT2D eigenvalue weighted by Crippen LogP contribution is 2.43. The van der Waals surface area contributed by atoms with E-state index in [1.165, 1.54) is 17.8 Å². The fraction of sp³-hybridized carbons (Fsp3) is 0. The van der Waals surface area contributed by atoms with Crippen molar-refractivity contribution in [2.24, 2.45) is 0 Å². The van der Waals surface area contributed by atoms with Gasteiger partial charge in [0.1, 0.15) is 0 Å². The molecule has 0 bridgehead atoms. The number of hydrogen-bond acceptors (Lipinski definition) is 3.